The first-order valence-corrected chi connectivity index (χ1v) is 3.30. The zero-order chi connectivity index (χ0) is 8.69. The van der Waals surface area contributed by atoms with Gasteiger partial charge in [0.05, 0.1) is 0 Å². The van der Waals surface area contributed by atoms with Crippen LogP contribution in [0.5, 0.6) is 0 Å². The van der Waals surface area contributed by atoms with Gasteiger partial charge in [0, 0.05) is 6.42 Å². The molecule has 11 heavy (non-hydrogen) atoms. The summed E-state index contributed by atoms with van der Waals surface area (Å²) in [6.07, 6.45) is 4.06. The van der Waals surface area contributed by atoms with Crippen molar-refractivity contribution < 1.29 is 14.7 Å². The lowest BCUT2D eigenvalue weighted by molar-refractivity contribution is -0.137. The van der Waals surface area contributed by atoms with Crippen LogP contribution in [-0.2, 0) is 9.59 Å². The molecule has 0 aliphatic rings. The summed E-state index contributed by atoms with van der Waals surface area (Å²) in [5.41, 5.74) is 4.79. The number of allylic oxidation sites excluding steroid dienone is 1. The van der Waals surface area contributed by atoms with Gasteiger partial charge >= 0.3 is 5.97 Å². The van der Waals surface area contributed by atoms with Crippen LogP contribution < -0.4 is 5.73 Å². The van der Waals surface area contributed by atoms with Crippen LogP contribution >= 0.6 is 0 Å². The maximum absolute atomic E-state index is 10.1. The Hall–Kier alpha value is -1.32. The number of nitrogens with two attached hydrogens (primary N) is 1. The highest BCUT2D eigenvalue weighted by Crippen LogP contribution is 1.95. The average molecular weight is 157 g/mol. The van der Waals surface area contributed by atoms with Gasteiger partial charge in [0.1, 0.15) is 0 Å². The minimum absolute atomic E-state index is 0.128. The smallest absolute Gasteiger partial charge is 0.303 e. The summed E-state index contributed by atoms with van der Waals surface area (Å²) in [6, 6.07) is 0. The van der Waals surface area contributed by atoms with E-state index in [0.717, 1.165) is 0 Å². The molecule has 1 amide bonds. The van der Waals surface area contributed by atoms with Crippen molar-refractivity contribution in [2.24, 2.45) is 5.73 Å². The predicted octanol–water partition coefficient (Wildman–Crippen LogP) is 0.283. The second kappa shape index (κ2) is 5.46. The monoisotopic (exact) mass is 157 g/mol. The fourth-order valence-electron chi connectivity index (χ4n) is 0.571. The van der Waals surface area contributed by atoms with E-state index in [1.54, 1.807) is 6.08 Å². The average Bonchev–Trinajstić information content (AvgIpc) is 1.85. The molecule has 0 aliphatic heterocycles. The quantitative estimate of drug-likeness (QED) is 0.444. The molecule has 0 aliphatic carbocycles. The number of carboxylic acid groups (broad SMARTS) is 1. The molecule has 0 rings (SSSR count). The van der Waals surface area contributed by atoms with Gasteiger partial charge in [0.15, 0.2) is 0 Å². The van der Waals surface area contributed by atoms with Crippen molar-refractivity contribution in [3.63, 3.8) is 0 Å². The summed E-state index contributed by atoms with van der Waals surface area (Å²) in [7, 11) is 0. The van der Waals surface area contributed by atoms with Crippen molar-refractivity contribution in [2.75, 3.05) is 0 Å². The highest BCUT2D eigenvalue weighted by molar-refractivity contribution is 5.85. The minimum Gasteiger partial charge on any atom is -0.481 e. The number of primary amides is 1. The van der Waals surface area contributed by atoms with E-state index in [1.807, 2.05) is 0 Å². The van der Waals surface area contributed by atoms with Crippen molar-refractivity contribution >= 4 is 11.9 Å². The molecule has 0 bridgehead atoms. The number of rotatable bonds is 5. The Morgan fingerprint density at radius 1 is 1.45 bits per heavy atom. The van der Waals surface area contributed by atoms with Crippen molar-refractivity contribution in [3.05, 3.63) is 12.2 Å². The first-order chi connectivity index (χ1) is 5.13. The second-order valence-electron chi connectivity index (χ2n) is 2.09. The molecule has 0 aromatic carbocycles. The van der Waals surface area contributed by atoms with Gasteiger partial charge in [-0.15, -0.1) is 0 Å². The van der Waals surface area contributed by atoms with Gasteiger partial charge in [-0.1, -0.05) is 6.08 Å². The molecule has 0 saturated carbocycles. The molecule has 0 saturated heterocycles. The third kappa shape index (κ3) is 8.68. The van der Waals surface area contributed by atoms with Crippen molar-refractivity contribution in [1.82, 2.24) is 0 Å². The number of unbranched alkanes of at least 4 members (excludes halogenated alkanes) is 1. The SMILES string of the molecule is NC(=O)/C=C/CCCC(=O)O. The van der Waals surface area contributed by atoms with Crippen LogP contribution in [-0.4, -0.2) is 17.0 Å². The Bertz CT molecular complexity index is 175. The summed E-state index contributed by atoms with van der Waals surface area (Å²) in [5.74, 6) is -1.32. The van der Waals surface area contributed by atoms with Gasteiger partial charge in [0.2, 0.25) is 5.91 Å². The normalized spacial score (nSPS) is 10.2. The number of amides is 1. The van der Waals surface area contributed by atoms with Crippen LogP contribution in [0.25, 0.3) is 0 Å². The van der Waals surface area contributed by atoms with E-state index in [-0.39, 0.29) is 6.42 Å². The number of hydrogen-bond acceptors (Lipinski definition) is 2. The molecule has 0 spiro atoms. The molecular weight excluding hydrogens is 146 g/mol. The van der Waals surface area contributed by atoms with Gasteiger partial charge in [-0.2, -0.15) is 0 Å². The molecule has 0 atom stereocenters. The third-order valence-electron chi connectivity index (χ3n) is 1.04. The molecule has 0 radical (unpaired) electrons. The lowest BCUT2D eigenvalue weighted by Crippen LogP contribution is -2.05. The third-order valence-corrected chi connectivity index (χ3v) is 1.04. The first-order valence-electron chi connectivity index (χ1n) is 3.30. The number of hydrogen-bond donors (Lipinski definition) is 2. The zero-order valence-corrected chi connectivity index (χ0v) is 6.12. The lowest BCUT2D eigenvalue weighted by atomic mass is 10.2. The fourth-order valence-corrected chi connectivity index (χ4v) is 0.571. The topological polar surface area (TPSA) is 80.4 Å². The fraction of sp³-hybridized carbons (Fsp3) is 0.429. The standard InChI is InChI=1S/C7H11NO3/c8-6(9)4-2-1-3-5-7(10)11/h2,4H,1,3,5H2,(H2,8,9)(H,10,11)/b4-2+. The van der Waals surface area contributed by atoms with Gasteiger partial charge in [-0.3, -0.25) is 9.59 Å². The Balaban J connectivity index is 3.27. The number of carbonyl (C=O) groups is 2. The van der Waals surface area contributed by atoms with Gasteiger partial charge < -0.3 is 10.8 Å². The van der Waals surface area contributed by atoms with Crippen LogP contribution in [0, 0.1) is 0 Å². The van der Waals surface area contributed by atoms with E-state index in [0.29, 0.717) is 12.8 Å². The number of aliphatic carboxylic acids is 1. The molecule has 0 fully saturated rings. The van der Waals surface area contributed by atoms with Crippen LogP contribution in [0.1, 0.15) is 19.3 Å². The van der Waals surface area contributed by atoms with Crippen LogP contribution in [0.2, 0.25) is 0 Å². The molecule has 0 aromatic rings. The van der Waals surface area contributed by atoms with E-state index in [1.165, 1.54) is 6.08 Å². The first kappa shape index (κ1) is 9.68. The highest BCUT2D eigenvalue weighted by Gasteiger charge is 1.93. The van der Waals surface area contributed by atoms with Crippen LogP contribution in [0.15, 0.2) is 12.2 Å². The van der Waals surface area contributed by atoms with Crippen molar-refractivity contribution in [3.8, 4) is 0 Å². The number of carbonyl (C=O) groups excluding carboxylic acids is 1. The second-order valence-corrected chi connectivity index (χ2v) is 2.09. The Morgan fingerprint density at radius 2 is 2.09 bits per heavy atom. The molecular formula is C7H11NO3. The van der Waals surface area contributed by atoms with Crippen LogP contribution in [0.3, 0.4) is 0 Å². The summed E-state index contributed by atoms with van der Waals surface area (Å²) in [4.78, 5) is 20.1. The van der Waals surface area contributed by atoms with Crippen molar-refractivity contribution in [2.45, 2.75) is 19.3 Å². The largest absolute Gasteiger partial charge is 0.481 e. The van der Waals surface area contributed by atoms with E-state index in [4.69, 9.17) is 10.8 Å². The summed E-state index contributed by atoms with van der Waals surface area (Å²) < 4.78 is 0. The molecule has 4 heteroatoms. The Kier molecular flexibility index (Phi) is 4.81. The zero-order valence-electron chi connectivity index (χ0n) is 6.12. The van der Waals surface area contributed by atoms with E-state index >= 15 is 0 Å². The Labute approximate surface area is 64.7 Å². The van der Waals surface area contributed by atoms with Gasteiger partial charge in [-0.05, 0) is 18.9 Å². The van der Waals surface area contributed by atoms with Crippen molar-refractivity contribution in [1.29, 1.82) is 0 Å². The minimum atomic E-state index is -0.822. The van der Waals surface area contributed by atoms with E-state index < -0.39 is 11.9 Å². The molecule has 62 valence electrons. The molecule has 4 nitrogen and oxygen atoms in total. The molecule has 3 N–H and O–H groups in total. The van der Waals surface area contributed by atoms with Crippen LogP contribution in [0.4, 0.5) is 0 Å². The highest BCUT2D eigenvalue weighted by atomic mass is 16.4. The molecule has 0 heterocycles. The maximum atomic E-state index is 10.1. The molecule has 0 unspecified atom stereocenters. The Morgan fingerprint density at radius 3 is 2.55 bits per heavy atom. The summed E-state index contributed by atoms with van der Waals surface area (Å²) in [6.45, 7) is 0. The summed E-state index contributed by atoms with van der Waals surface area (Å²) >= 11 is 0. The summed E-state index contributed by atoms with van der Waals surface area (Å²) in [5, 5.41) is 8.21. The lowest BCUT2D eigenvalue weighted by Gasteiger charge is -1.88. The predicted molar refractivity (Wildman–Crippen MR) is 39.8 cm³/mol. The van der Waals surface area contributed by atoms with Gasteiger partial charge in [0.25, 0.3) is 0 Å². The number of carboxylic acids is 1. The molecule has 0 aromatic heterocycles. The van der Waals surface area contributed by atoms with E-state index in [9.17, 15) is 9.59 Å². The van der Waals surface area contributed by atoms with Gasteiger partial charge in [-0.25, -0.2) is 0 Å². The maximum Gasteiger partial charge on any atom is 0.303 e. The van der Waals surface area contributed by atoms with E-state index in [2.05, 4.69) is 0 Å².